The Morgan fingerprint density at radius 1 is 1.18 bits per heavy atom. The van der Waals surface area contributed by atoms with E-state index in [-0.39, 0.29) is 5.69 Å². The molecule has 0 aliphatic rings. The van der Waals surface area contributed by atoms with E-state index < -0.39 is 11.6 Å². The van der Waals surface area contributed by atoms with Crippen molar-refractivity contribution in [2.45, 2.75) is 6.54 Å². The summed E-state index contributed by atoms with van der Waals surface area (Å²) in [5.74, 6) is -1.23. The molecule has 0 bridgehead atoms. The van der Waals surface area contributed by atoms with Gasteiger partial charge in [0.1, 0.15) is 11.6 Å². The van der Waals surface area contributed by atoms with E-state index in [0.717, 1.165) is 11.6 Å². The first-order valence-electron chi connectivity index (χ1n) is 4.94. The predicted octanol–water partition coefficient (Wildman–Crippen LogP) is 3.73. The Morgan fingerprint density at radius 2 is 1.88 bits per heavy atom. The van der Waals surface area contributed by atoms with Crippen LogP contribution in [0.2, 0.25) is 0 Å². The van der Waals surface area contributed by atoms with E-state index in [0.29, 0.717) is 11.0 Å². The van der Waals surface area contributed by atoms with Crippen molar-refractivity contribution >= 4 is 21.6 Å². The van der Waals surface area contributed by atoms with Crippen LogP contribution < -0.4 is 5.32 Å². The average Bonchev–Trinajstić information content (AvgIpc) is 2.29. The number of benzene rings is 1. The largest absolute Gasteiger partial charge is 0.378 e. The molecule has 0 radical (unpaired) electrons. The number of hydrogen-bond acceptors (Lipinski definition) is 2. The highest BCUT2D eigenvalue weighted by Gasteiger charge is 2.08. The molecule has 5 heteroatoms. The smallest absolute Gasteiger partial charge is 0.150 e. The van der Waals surface area contributed by atoms with Gasteiger partial charge in [-0.2, -0.15) is 0 Å². The van der Waals surface area contributed by atoms with E-state index in [4.69, 9.17) is 0 Å². The number of anilines is 1. The number of aromatic nitrogens is 1. The molecule has 2 rings (SSSR count). The lowest BCUT2D eigenvalue weighted by atomic mass is 10.2. The van der Waals surface area contributed by atoms with Gasteiger partial charge in [0.25, 0.3) is 0 Å². The molecule has 0 spiro atoms. The molecule has 0 saturated carbocycles. The maximum Gasteiger partial charge on any atom is 0.150 e. The summed E-state index contributed by atoms with van der Waals surface area (Å²) in [4.78, 5) is 3.89. The van der Waals surface area contributed by atoms with Gasteiger partial charge < -0.3 is 5.32 Å². The zero-order valence-electron chi connectivity index (χ0n) is 8.75. The summed E-state index contributed by atoms with van der Waals surface area (Å²) in [5.41, 5.74) is 1.22. The van der Waals surface area contributed by atoms with Gasteiger partial charge in [-0.3, -0.25) is 4.98 Å². The van der Waals surface area contributed by atoms with Crippen molar-refractivity contribution in [1.29, 1.82) is 0 Å². The topological polar surface area (TPSA) is 24.9 Å². The van der Waals surface area contributed by atoms with Gasteiger partial charge in [-0.25, -0.2) is 8.78 Å². The quantitative estimate of drug-likeness (QED) is 0.934. The molecule has 1 heterocycles. The molecule has 0 amide bonds. The first-order valence-corrected chi connectivity index (χ1v) is 5.73. The summed E-state index contributed by atoms with van der Waals surface area (Å²) < 4.78 is 26.7. The lowest BCUT2D eigenvalue weighted by Gasteiger charge is -2.09. The normalized spacial score (nSPS) is 10.3. The van der Waals surface area contributed by atoms with E-state index in [1.807, 2.05) is 12.1 Å². The van der Waals surface area contributed by atoms with Gasteiger partial charge in [0.2, 0.25) is 0 Å². The summed E-state index contributed by atoms with van der Waals surface area (Å²) in [5, 5.41) is 2.91. The Bertz CT molecular complexity index is 494. The Hall–Kier alpha value is -1.49. The van der Waals surface area contributed by atoms with Gasteiger partial charge in [-0.05, 0) is 39.7 Å². The van der Waals surface area contributed by atoms with Crippen LogP contribution in [0.25, 0.3) is 0 Å². The average molecular weight is 299 g/mol. The first kappa shape index (κ1) is 12.0. The van der Waals surface area contributed by atoms with E-state index in [1.165, 1.54) is 6.07 Å². The number of nitrogens with one attached hydrogen (secondary N) is 1. The maximum atomic E-state index is 13.5. The molecule has 0 aliphatic heterocycles. The Balaban J connectivity index is 2.15. The minimum atomic E-state index is -0.620. The first-order chi connectivity index (χ1) is 8.16. The van der Waals surface area contributed by atoms with Gasteiger partial charge in [-0.15, -0.1) is 0 Å². The molecule has 0 fully saturated rings. The van der Waals surface area contributed by atoms with Crippen LogP contribution in [0, 0.1) is 11.6 Å². The maximum absolute atomic E-state index is 13.5. The van der Waals surface area contributed by atoms with Gasteiger partial charge in [0.15, 0.2) is 0 Å². The summed E-state index contributed by atoms with van der Waals surface area (Å²) in [6.45, 7) is 0.448. The van der Waals surface area contributed by atoms with Gasteiger partial charge >= 0.3 is 0 Å². The van der Waals surface area contributed by atoms with Crippen molar-refractivity contribution in [3.8, 4) is 0 Å². The molecular formula is C12H9BrF2N2. The van der Waals surface area contributed by atoms with Gasteiger partial charge in [-0.1, -0.05) is 0 Å². The fraction of sp³-hybridized carbons (Fsp3) is 0.0833. The Kier molecular flexibility index (Phi) is 3.68. The molecule has 17 heavy (non-hydrogen) atoms. The van der Waals surface area contributed by atoms with Crippen molar-refractivity contribution in [3.05, 3.63) is 58.3 Å². The Morgan fingerprint density at radius 3 is 2.53 bits per heavy atom. The number of hydrogen-bond donors (Lipinski definition) is 1. The summed E-state index contributed by atoms with van der Waals surface area (Å²) in [6, 6.07) is 5.71. The van der Waals surface area contributed by atoms with Crippen molar-refractivity contribution in [2.75, 3.05) is 5.32 Å². The third-order valence-corrected chi connectivity index (χ3v) is 2.85. The lowest BCUT2D eigenvalue weighted by molar-refractivity contribution is 0.583. The fourth-order valence-electron chi connectivity index (χ4n) is 1.40. The van der Waals surface area contributed by atoms with Crippen molar-refractivity contribution in [1.82, 2.24) is 4.98 Å². The van der Waals surface area contributed by atoms with E-state index >= 15 is 0 Å². The highest BCUT2D eigenvalue weighted by Crippen LogP contribution is 2.27. The van der Waals surface area contributed by atoms with Crippen LogP contribution in [0.1, 0.15) is 5.56 Å². The predicted molar refractivity (Wildman–Crippen MR) is 65.6 cm³/mol. The molecule has 0 aliphatic carbocycles. The SMILES string of the molecule is Fc1cc(F)c(NCc2ccncc2)c(Br)c1. The van der Waals surface area contributed by atoms with Crippen LogP contribution in [-0.4, -0.2) is 4.98 Å². The molecule has 1 aromatic heterocycles. The van der Waals surface area contributed by atoms with E-state index in [1.54, 1.807) is 12.4 Å². The number of rotatable bonds is 3. The molecule has 0 saturated heterocycles. The monoisotopic (exact) mass is 298 g/mol. The summed E-state index contributed by atoms with van der Waals surface area (Å²) >= 11 is 3.12. The zero-order chi connectivity index (χ0) is 12.3. The summed E-state index contributed by atoms with van der Waals surface area (Å²) in [6.07, 6.45) is 3.32. The van der Waals surface area contributed by atoms with Crippen molar-refractivity contribution < 1.29 is 8.78 Å². The molecule has 0 atom stereocenters. The van der Waals surface area contributed by atoms with Crippen molar-refractivity contribution in [2.24, 2.45) is 0 Å². The molecule has 88 valence electrons. The highest BCUT2D eigenvalue weighted by atomic mass is 79.9. The van der Waals surface area contributed by atoms with Crippen LogP contribution >= 0.6 is 15.9 Å². The molecule has 2 nitrogen and oxygen atoms in total. The zero-order valence-corrected chi connectivity index (χ0v) is 10.3. The van der Waals surface area contributed by atoms with Gasteiger partial charge in [0.05, 0.1) is 5.69 Å². The second-order valence-corrected chi connectivity index (χ2v) is 4.31. The van der Waals surface area contributed by atoms with Crippen LogP contribution in [0.3, 0.4) is 0 Å². The van der Waals surface area contributed by atoms with Gasteiger partial charge in [0, 0.05) is 29.5 Å². The van der Waals surface area contributed by atoms with E-state index in [9.17, 15) is 8.78 Å². The molecular weight excluding hydrogens is 290 g/mol. The fourth-order valence-corrected chi connectivity index (χ4v) is 1.95. The second kappa shape index (κ2) is 5.23. The standard InChI is InChI=1S/C12H9BrF2N2/c13-10-5-9(14)6-11(15)12(10)17-7-8-1-3-16-4-2-8/h1-6,17H,7H2. The molecule has 2 aromatic rings. The van der Waals surface area contributed by atoms with Crippen LogP contribution in [-0.2, 0) is 6.54 Å². The highest BCUT2D eigenvalue weighted by molar-refractivity contribution is 9.10. The molecule has 1 N–H and O–H groups in total. The third-order valence-electron chi connectivity index (χ3n) is 2.23. The minimum Gasteiger partial charge on any atom is -0.378 e. The Labute approximate surface area is 106 Å². The number of halogens is 3. The van der Waals surface area contributed by atoms with Crippen LogP contribution in [0.4, 0.5) is 14.5 Å². The molecule has 0 unspecified atom stereocenters. The minimum absolute atomic E-state index is 0.253. The van der Waals surface area contributed by atoms with Crippen molar-refractivity contribution in [3.63, 3.8) is 0 Å². The summed E-state index contributed by atoms with van der Waals surface area (Å²) in [7, 11) is 0. The second-order valence-electron chi connectivity index (χ2n) is 3.45. The van der Waals surface area contributed by atoms with Crippen LogP contribution in [0.15, 0.2) is 41.1 Å². The van der Waals surface area contributed by atoms with Crippen LogP contribution in [0.5, 0.6) is 0 Å². The third kappa shape index (κ3) is 3.00. The lowest BCUT2D eigenvalue weighted by Crippen LogP contribution is -2.02. The van der Waals surface area contributed by atoms with E-state index in [2.05, 4.69) is 26.2 Å². The number of nitrogens with zero attached hydrogens (tertiary/aromatic N) is 1. The molecule has 1 aromatic carbocycles. The number of pyridine rings is 1.